The van der Waals surface area contributed by atoms with Crippen molar-refractivity contribution in [1.82, 2.24) is 10.2 Å². The molecule has 1 aliphatic rings. The van der Waals surface area contributed by atoms with Crippen LogP contribution in [0.25, 0.3) is 0 Å². The maximum Gasteiger partial charge on any atom is 0.251 e. The minimum Gasteiger partial charge on any atom is -0.492 e. The summed E-state index contributed by atoms with van der Waals surface area (Å²) >= 11 is 5.57. The molecule has 0 bridgehead atoms. The molecule has 1 aromatic rings. The highest BCUT2D eigenvalue weighted by atomic mass is 35.5. The Morgan fingerprint density at radius 3 is 3.00 bits per heavy atom. The molecule has 1 aliphatic heterocycles. The molecule has 2 N–H and O–H groups in total. The van der Waals surface area contributed by atoms with Crippen LogP contribution in [0.1, 0.15) is 19.3 Å². The number of carbonyl (C=O) groups is 2. The van der Waals surface area contributed by atoms with Crippen LogP contribution in [0.4, 0.5) is 4.39 Å². The lowest BCUT2D eigenvalue weighted by Crippen LogP contribution is -2.44. The van der Waals surface area contributed by atoms with Gasteiger partial charge in [0.05, 0.1) is 18.1 Å². The van der Waals surface area contributed by atoms with Crippen molar-refractivity contribution in [3.05, 3.63) is 29.0 Å². The Morgan fingerprint density at radius 1 is 1.46 bits per heavy atom. The van der Waals surface area contributed by atoms with Crippen molar-refractivity contribution in [3.63, 3.8) is 0 Å². The smallest absolute Gasteiger partial charge is 0.251 e. The highest BCUT2D eigenvalue weighted by molar-refractivity contribution is 6.30. The van der Waals surface area contributed by atoms with Crippen LogP contribution in [-0.4, -0.2) is 54.2 Å². The SMILES string of the molecule is O=C(CN1CCCCC(O)C1=O)NCCOc1ccc(Cl)c(F)c1. The van der Waals surface area contributed by atoms with E-state index in [1.165, 1.54) is 23.1 Å². The van der Waals surface area contributed by atoms with Gasteiger partial charge in [-0.1, -0.05) is 11.6 Å². The quantitative estimate of drug-likeness (QED) is 0.752. The van der Waals surface area contributed by atoms with Gasteiger partial charge in [0.25, 0.3) is 5.91 Å². The second kappa shape index (κ2) is 8.84. The summed E-state index contributed by atoms with van der Waals surface area (Å²) in [5, 5.41) is 12.3. The summed E-state index contributed by atoms with van der Waals surface area (Å²) in [4.78, 5) is 25.1. The Hall–Kier alpha value is -1.86. The maximum absolute atomic E-state index is 13.2. The number of carbonyl (C=O) groups excluding carboxylic acids is 2. The van der Waals surface area contributed by atoms with Crippen LogP contribution >= 0.6 is 11.6 Å². The number of benzene rings is 1. The lowest BCUT2D eigenvalue weighted by atomic mass is 10.2. The van der Waals surface area contributed by atoms with Crippen LogP contribution in [0.15, 0.2) is 18.2 Å². The van der Waals surface area contributed by atoms with Gasteiger partial charge in [-0.25, -0.2) is 4.39 Å². The molecule has 24 heavy (non-hydrogen) atoms. The Labute approximate surface area is 144 Å². The second-order valence-corrected chi connectivity index (χ2v) is 5.95. The molecule has 2 rings (SSSR count). The van der Waals surface area contributed by atoms with E-state index in [1.807, 2.05) is 0 Å². The van der Waals surface area contributed by atoms with Crippen LogP contribution in [0.5, 0.6) is 5.75 Å². The molecule has 132 valence electrons. The van der Waals surface area contributed by atoms with Crippen molar-refractivity contribution >= 4 is 23.4 Å². The van der Waals surface area contributed by atoms with E-state index in [9.17, 15) is 19.1 Å². The van der Waals surface area contributed by atoms with Gasteiger partial charge in [0, 0.05) is 12.6 Å². The van der Waals surface area contributed by atoms with Gasteiger partial charge in [-0.15, -0.1) is 0 Å². The summed E-state index contributed by atoms with van der Waals surface area (Å²) in [5.74, 6) is -0.993. The molecule has 1 unspecified atom stereocenters. The number of nitrogens with one attached hydrogen (secondary N) is 1. The molecule has 6 nitrogen and oxygen atoms in total. The lowest BCUT2D eigenvalue weighted by Gasteiger charge is -2.21. The normalized spacial score (nSPS) is 18.2. The number of ether oxygens (including phenoxy) is 1. The molecule has 2 amide bonds. The van der Waals surface area contributed by atoms with Crippen molar-refractivity contribution in [1.29, 1.82) is 0 Å². The van der Waals surface area contributed by atoms with Gasteiger partial charge < -0.3 is 20.1 Å². The fourth-order valence-corrected chi connectivity index (χ4v) is 2.51. The summed E-state index contributed by atoms with van der Waals surface area (Å²) in [6, 6.07) is 4.09. The number of amides is 2. The summed E-state index contributed by atoms with van der Waals surface area (Å²) in [5.41, 5.74) is 0. The highest BCUT2D eigenvalue weighted by Gasteiger charge is 2.26. The highest BCUT2D eigenvalue weighted by Crippen LogP contribution is 2.20. The van der Waals surface area contributed by atoms with Gasteiger partial charge in [-0.3, -0.25) is 9.59 Å². The van der Waals surface area contributed by atoms with E-state index in [1.54, 1.807) is 0 Å². The summed E-state index contributed by atoms with van der Waals surface area (Å²) in [7, 11) is 0. The zero-order valence-corrected chi connectivity index (χ0v) is 13.9. The second-order valence-electron chi connectivity index (χ2n) is 5.55. The van der Waals surface area contributed by atoms with Gasteiger partial charge in [0.15, 0.2) is 0 Å². The van der Waals surface area contributed by atoms with Gasteiger partial charge in [0.1, 0.15) is 24.3 Å². The van der Waals surface area contributed by atoms with E-state index < -0.39 is 17.8 Å². The molecular formula is C16H20ClFN2O4. The molecule has 1 atom stereocenters. The van der Waals surface area contributed by atoms with Crippen LogP contribution in [0, 0.1) is 5.82 Å². The molecule has 0 aliphatic carbocycles. The molecule has 1 heterocycles. The Morgan fingerprint density at radius 2 is 2.25 bits per heavy atom. The first kappa shape index (κ1) is 18.5. The van der Waals surface area contributed by atoms with E-state index in [-0.39, 0.29) is 30.6 Å². The van der Waals surface area contributed by atoms with E-state index in [4.69, 9.17) is 16.3 Å². The third-order valence-corrected chi connectivity index (χ3v) is 3.98. The average molecular weight is 359 g/mol. The zero-order chi connectivity index (χ0) is 17.5. The number of likely N-dealkylation sites (tertiary alicyclic amines) is 1. The molecule has 0 aromatic heterocycles. The van der Waals surface area contributed by atoms with Crippen molar-refractivity contribution in [2.45, 2.75) is 25.4 Å². The number of aliphatic hydroxyl groups excluding tert-OH is 1. The van der Waals surface area contributed by atoms with Crippen molar-refractivity contribution in [2.75, 3.05) is 26.2 Å². The number of rotatable bonds is 6. The van der Waals surface area contributed by atoms with E-state index >= 15 is 0 Å². The molecule has 0 spiro atoms. The van der Waals surface area contributed by atoms with Gasteiger partial charge in [-0.05, 0) is 31.4 Å². The summed E-state index contributed by atoms with van der Waals surface area (Å²) in [6.07, 6.45) is 0.934. The number of halogens is 2. The zero-order valence-electron chi connectivity index (χ0n) is 13.1. The minimum atomic E-state index is -1.02. The number of hydrogen-bond donors (Lipinski definition) is 2. The number of nitrogens with zero attached hydrogens (tertiary/aromatic N) is 1. The topological polar surface area (TPSA) is 78.9 Å². The third-order valence-electron chi connectivity index (χ3n) is 3.67. The monoisotopic (exact) mass is 358 g/mol. The predicted octanol–water partition coefficient (Wildman–Crippen LogP) is 1.35. The number of aliphatic hydroxyl groups is 1. The van der Waals surface area contributed by atoms with Crippen LogP contribution < -0.4 is 10.1 Å². The van der Waals surface area contributed by atoms with Gasteiger partial charge in [0.2, 0.25) is 5.91 Å². The lowest BCUT2D eigenvalue weighted by molar-refractivity contribution is -0.142. The number of hydrogen-bond acceptors (Lipinski definition) is 4. The molecule has 8 heteroatoms. The average Bonchev–Trinajstić information content (AvgIpc) is 2.70. The molecule has 0 radical (unpaired) electrons. The van der Waals surface area contributed by atoms with Gasteiger partial charge >= 0.3 is 0 Å². The van der Waals surface area contributed by atoms with Crippen molar-refractivity contribution in [3.8, 4) is 5.75 Å². The molecule has 1 aromatic carbocycles. The standard InChI is InChI=1S/C16H20ClFN2O4/c17-12-5-4-11(9-13(12)18)24-8-6-19-15(22)10-20-7-2-1-3-14(21)16(20)23/h4-5,9,14,21H,1-3,6-8,10H2,(H,19,22). The first-order valence-electron chi connectivity index (χ1n) is 7.79. The fraction of sp³-hybridized carbons (Fsp3) is 0.500. The Bertz CT molecular complexity index is 599. The van der Waals surface area contributed by atoms with E-state index in [0.29, 0.717) is 18.7 Å². The van der Waals surface area contributed by atoms with Crippen LogP contribution in [-0.2, 0) is 9.59 Å². The molecule has 1 saturated heterocycles. The van der Waals surface area contributed by atoms with E-state index in [0.717, 1.165) is 12.8 Å². The van der Waals surface area contributed by atoms with Crippen LogP contribution in [0.2, 0.25) is 5.02 Å². The van der Waals surface area contributed by atoms with E-state index in [2.05, 4.69) is 5.32 Å². The summed E-state index contributed by atoms with van der Waals surface area (Å²) in [6.45, 7) is 0.742. The molecular weight excluding hydrogens is 339 g/mol. The van der Waals surface area contributed by atoms with Gasteiger partial charge in [-0.2, -0.15) is 0 Å². The van der Waals surface area contributed by atoms with Crippen molar-refractivity contribution < 1.29 is 23.8 Å². The molecule has 0 saturated carbocycles. The maximum atomic E-state index is 13.2. The fourth-order valence-electron chi connectivity index (χ4n) is 2.40. The first-order chi connectivity index (χ1) is 11.5. The Balaban J connectivity index is 1.71. The third kappa shape index (κ3) is 5.35. The Kier molecular flexibility index (Phi) is 6.81. The predicted molar refractivity (Wildman–Crippen MR) is 86.4 cm³/mol. The first-order valence-corrected chi connectivity index (χ1v) is 8.16. The minimum absolute atomic E-state index is 0.0138. The molecule has 1 fully saturated rings. The largest absolute Gasteiger partial charge is 0.492 e. The van der Waals surface area contributed by atoms with Crippen LogP contribution in [0.3, 0.4) is 0 Å². The summed E-state index contributed by atoms with van der Waals surface area (Å²) < 4.78 is 18.5. The van der Waals surface area contributed by atoms with Crippen molar-refractivity contribution in [2.24, 2.45) is 0 Å².